The highest BCUT2D eigenvalue weighted by Crippen LogP contribution is 2.22. The second kappa shape index (κ2) is 4.38. The molecule has 0 bridgehead atoms. The maximum absolute atomic E-state index is 11.5. The van der Waals surface area contributed by atoms with Gasteiger partial charge in [0, 0.05) is 5.92 Å². The average molecular weight is 191 g/mol. The van der Waals surface area contributed by atoms with E-state index in [2.05, 4.69) is 13.0 Å². The molecule has 0 aliphatic carbocycles. The summed E-state index contributed by atoms with van der Waals surface area (Å²) in [6, 6.07) is 6.04. The molecule has 0 fully saturated rings. The number of carbonyl (C=O) groups is 1. The van der Waals surface area contributed by atoms with Crippen molar-refractivity contribution < 1.29 is 4.79 Å². The number of carbonyl (C=O) groups excluding carboxylic acids is 1. The molecule has 0 spiro atoms. The molecule has 2 nitrogen and oxygen atoms in total. The normalized spacial score (nSPS) is 12.6. The van der Waals surface area contributed by atoms with Crippen LogP contribution in [0.25, 0.3) is 0 Å². The lowest BCUT2D eigenvalue weighted by Gasteiger charge is -2.14. The Labute approximate surface area is 85.1 Å². The average Bonchev–Trinajstić information content (AvgIpc) is 2.20. The van der Waals surface area contributed by atoms with Crippen molar-refractivity contribution in [2.24, 2.45) is 5.73 Å². The lowest BCUT2D eigenvalue weighted by atomic mass is 9.91. The summed E-state index contributed by atoms with van der Waals surface area (Å²) < 4.78 is 0. The number of ketones is 1. The number of hydrogen-bond donors (Lipinski definition) is 1. The van der Waals surface area contributed by atoms with E-state index < -0.39 is 0 Å². The molecule has 1 rings (SSSR count). The van der Waals surface area contributed by atoms with E-state index in [1.807, 2.05) is 26.0 Å². The molecule has 0 heterocycles. The lowest BCUT2D eigenvalue weighted by molar-refractivity contribution is -0.118. The summed E-state index contributed by atoms with van der Waals surface area (Å²) in [6.45, 7) is 6.13. The van der Waals surface area contributed by atoms with Crippen molar-refractivity contribution in [1.29, 1.82) is 0 Å². The molecule has 76 valence electrons. The summed E-state index contributed by atoms with van der Waals surface area (Å²) in [5, 5.41) is 0. The first-order valence-electron chi connectivity index (χ1n) is 4.86. The highest BCUT2D eigenvalue weighted by atomic mass is 16.1. The molecule has 0 saturated carbocycles. The molecule has 0 amide bonds. The Morgan fingerprint density at radius 3 is 2.64 bits per heavy atom. The molecular weight excluding hydrogens is 174 g/mol. The third kappa shape index (κ3) is 2.02. The van der Waals surface area contributed by atoms with E-state index in [4.69, 9.17) is 5.73 Å². The van der Waals surface area contributed by atoms with Crippen LogP contribution in [0, 0.1) is 13.8 Å². The van der Waals surface area contributed by atoms with E-state index in [9.17, 15) is 4.79 Å². The van der Waals surface area contributed by atoms with Crippen LogP contribution in [-0.2, 0) is 4.79 Å². The second-order valence-electron chi connectivity index (χ2n) is 3.68. The Morgan fingerprint density at radius 1 is 1.43 bits per heavy atom. The van der Waals surface area contributed by atoms with Gasteiger partial charge in [0.15, 0.2) is 5.78 Å². The van der Waals surface area contributed by atoms with Crippen LogP contribution in [-0.4, -0.2) is 12.3 Å². The number of nitrogens with two attached hydrogens (primary N) is 1. The van der Waals surface area contributed by atoms with Gasteiger partial charge in [0.05, 0.1) is 6.54 Å². The zero-order valence-corrected chi connectivity index (χ0v) is 9.00. The second-order valence-corrected chi connectivity index (χ2v) is 3.68. The van der Waals surface area contributed by atoms with Crippen LogP contribution in [0.4, 0.5) is 0 Å². The minimum Gasteiger partial charge on any atom is -0.324 e. The quantitative estimate of drug-likeness (QED) is 0.793. The van der Waals surface area contributed by atoms with Crippen molar-refractivity contribution in [2.75, 3.05) is 6.54 Å². The first kappa shape index (κ1) is 10.9. The number of benzene rings is 1. The van der Waals surface area contributed by atoms with Crippen LogP contribution in [0.2, 0.25) is 0 Å². The molecule has 1 aromatic rings. The maximum Gasteiger partial charge on any atom is 0.153 e. The van der Waals surface area contributed by atoms with Gasteiger partial charge in [-0.2, -0.15) is 0 Å². The van der Waals surface area contributed by atoms with Gasteiger partial charge in [-0.15, -0.1) is 0 Å². The third-order valence-electron chi connectivity index (χ3n) is 2.80. The fourth-order valence-corrected chi connectivity index (χ4v) is 1.59. The number of rotatable bonds is 3. The first-order valence-corrected chi connectivity index (χ1v) is 4.86. The van der Waals surface area contributed by atoms with Gasteiger partial charge in [0.25, 0.3) is 0 Å². The van der Waals surface area contributed by atoms with Gasteiger partial charge in [-0.05, 0) is 30.5 Å². The molecule has 0 saturated heterocycles. The number of Topliss-reactive ketones (excluding diaryl/α,β-unsaturated/α-hetero) is 1. The van der Waals surface area contributed by atoms with Crippen molar-refractivity contribution in [1.82, 2.24) is 0 Å². The molecule has 1 unspecified atom stereocenters. The lowest BCUT2D eigenvalue weighted by Crippen LogP contribution is -2.20. The van der Waals surface area contributed by atoms with Crippen LogP contribution >= 0.6 is 0 Å². The van der Waals surface area contributed by atoms with Crippen LogP contribution in [0.3, 0.4) is 0 Å². The van der Waals surface area contributed by atoms with Gasteiger partial charge in [0.1, 0.15) is 0 Å². The zero-order chi connectivity index (χ0) is 10.7. The minimum atomic E-state index is -0.0834. The van der Waals surface area contributed by atoms with E-state index in [1.165, 1.54) is 11.1 Å². The van der Waals surface area contributed by atoms with E-state index in [-0.39, 0.29) is 18.2 Å². The predicted octanol–water partition coefficient (Wildman–Crippen LogP) is 1.93. The Hall–Kier alpha value is -1.15. The summed E-state index contributed by atoms with van der Waals surface area (Å²) >= 11 is 0. The maximum atomic E-state index is 11.5. The Bertz CT molecular complexity index is 344. The fourth-order valence-electron chi connectivity index (χ4n) is 1.59. The third-order valence-corrected chi connectivity index (χ3v) is 2.80. The standard InChI is InChI=1S/C12H17NO/c1-8-5-4-6-11(9(8)2)10(3)12(14)7-13/h4-6,10H,7,13H2,1-3H3. The monoisotopic (exact) mass is 191 g/mol. The summed E-state index contributed by atoms with van der Waals surface area (Å²) in [7, 11) is 0. The largest absolute Gasteiger partial charge is 0.324 e. The molecule has 2 N–H and O–H groups in total. The Balaban J connectivity index is 3.07. The molecule has 14 heavy (non-hydrogen) atoms. The van der Waals surface area contributed by atoms with Crippen molar-refractivity contribution in [3.63, 3.8) is 0 Å². The number of hydrogen-bond acceptors (Lipinski definition) is 2. The molecule has 0 aliphatic heterocycles. The molecule has 1 aromatic carbocycles. The summed E-state index contributed by atoms with van der Waals surface area (Å²) in [5.74, 6) is 0.0126. The van der Waals surface area contributed by atoms with Gasteiger partial charge >= 0.3 is 0 Å². The van der Waals surface area contributed by atoms with Crippen molar-refractivity contribution >= 4 is 5.78 Å². The Kier molecular flexibility index (Phi) is 3.42. The van der Waals surface area contributed by atoms with Crippen LogP contribution in [0.1, 0.15) is 29.5 Å². The Morgan fingerprint density at radius 2 is 2.07 bits per heavy atom. The van der Waals surface area contributed by atoms with Gasteiger partial charge in [-0.1, -0.05) is 25.1 Å². The molecular formula is C12H17NO. The van der Waals surface area contributed by atoms with E-state index in [1.54, 1.807) is 0 Å². The summed E-state index contributed by atoms with van der Waals surface area (Å²) in [6.07, 6.45) is 0. The van der Waals surface area contributed by atoms with Crippen molar-refractivity contribution in [2.45, 2.75) is 26.7 Å². The fraction of sp³-hybridized carbons (Fsp3) is 0.417. The molecule has 0 aliphatic rings. The predicted molar refractivity (Wildman–Crippen MR) is 58.4 cm³/mol. The van der Waals surface area contributed by atoms with Crippen molar-refractivity contribution in [3.8, 4) is 0 Å². The van der Waals surface area contributed by atoms with Crippen LogP contribution < -0.4 is 5.73 Å². The van der Waals surface area contributed by atoms with E-state index in [0.717, 1.165) is 5.56 Å². The van der Waals surface area contributed by atoms with E-state index >= 15 is 0 Å². The van der Waals surface area contributed by atoms with Gasteiger partial charge in [0.2, 0.25) is 0 Å². The van der Waals surface area contributed by atoms with Gasteiger partial charge < -0.3 is 5.73 Å². The van der Waals surface area contributed by atoms with E-state index in [0.29, 0.717) is 0 Å². The zero-order valence-electron chi connectivity index (χ0n) is 9.00. The number of aryl methyl sites for hydroxylation is 1. The highest BCUT2D eigenvalue weighted by molar-refractivity contribution is 5.87. The summed E-state index contributed by atoms with van der Waals surface area (Å²) in [5.41, 5.74) is 8.86. The first-order chi connectivity index (χ1) is 6.57. The smallest absolute Gasteiger partial charge is 0.153 e. The minimum absolute atomic E-state index is 0.0834. The molecule has 0 aromatic heterocycles. The topological polar surface area (TPSA) is 43.1 Å². The SMILES string of the molecule is Cc1cccc(C(C)C(=O)CN)c1C. The molecule has 0 radical (unpaired) electrons. The summed E-state index contributed by atoms with van der Waals surface area (Å²) in [4.78, 5) is 11.5. The van der Waals surface area contributed by atoms with Gasteiger partial charge in [-0.3, -0.25) is 4.79 Å². The van der Waals surface area contributed by atoms with Crippen LogP contribution in [0.5, 0.6) is 0 Å². The highest BCUT2D eigenvalue weighted by Gasteiger charge is 2.15. The van der Waals surface area contributed by atoms with Crippen molar-refractivity contribution in [3.05, 3.63) is 34.9 Å². The molecule has 1 atom stereocenters. The van der Waals surface area contributed by atoms with Crippen LogP contribution in [0.15, 0.2) is 18.2 Å². The van der Waals surface area contributed by atoms with Gasteiger partial charge in [-0.25, -0.2) is 0 Å². The molecule has 2 heteroatoms.